The molecule has 1 rings (SSSR count). The lowest BCUT2D eigenvalue weighted by Crippen LogP contribution is -2.52. The van der Waals surface area contributed by atoms with Crippen LogP contribution in [0.5, 0.6) is 0 Å². The highest BCUT2D eigenvalue weighted by Crippen LogP contribution is 2.23. The van der Waals surface area contributed by atoms with Crippen LogP contribution in [0.4, 0.5) is 4.79 Å². The Hall–Kier alpha value is -1.83. The largest absolute Gasteiger partial charge is 0.480 e. The molecule has 1 unspecified atom stereocenters. The van der Waals surface area contributed by atoms with Crippen LogP contribution in [-0.4, -0.2) is 54.5 Å². The summed E-state index contributed by atoms with van der Waals surface area (Å²) in [6.45, 7) is 4.38. The van der Waals surface area contributed by atoms with Gasteiger partial charge in [0.2, 0.25) is 0 Å². The van der Waals surface area contributed by atoms with Crippen molar-refractivity contribution < 1.29 is 29.0 Å². The molecule has 0 aliphatic carbocycles. The van der Waals surface area contributed by atoms with Crippen LogP contribution in [0.1, 0.15) is 33.1 Å². The van der Waals surface area contributed by atoms with Crippen LogP contribution in [0.15, 0.2) is 0 Å². The Morgan fingerprint density at radius 3 is 2.62 bits per heavy atom. The molecule has 8 heteroatoms. The average molecular weight is 302 g/mol. The molecule has 120 valence electrons. The van der Waals surface area contributed by atoms with Crippen LogP contribution >= 0.6 is 0 Å². The monoisotopic (exact) mass is 302 g/mol. The first-order valence-corrected chi connectivity index (χ1v) is 6.74. The van der Waals surface area contributed by atoms with Crippen LogP contribution in [0.2, 0.25) is 0 Å². The summed E-state index contributed by atoms with van der Waals surface area (Å²) in [6.07, 6.45) is 0.874. The minimum atomic E-state index is -1.31. The normalized spacial score (nSPS) is 22.0. The van der Waals surface area contributed by atoms with Crippen molar-refractivity contribution in [3.63, 3.8) is 0 Å². The van der Waals surface area contributed by atoms with Gasteiger partial charge in [0.1, 0.15) is 6.04 Å². The number of nitrogens with one attached hydrogen (secondary N) is 2. The highest BCUT2D eigenvalue weighted by atomic mass is 16.5. The molecule has 8 nitrogen and oxygen atoms in total. The van der Waals surface area contributed by atoms with Gasteiger partial charge in [-0.05, 0) is 26.7 Å². The lowest BCUT2D eigenvalue weighted by atomic mass is 9.94. The van der Waals surface area contributed by atoms with E-state index in [0.717, 1.165) is 7.11 Å². The summed E-state index contributed by atoms with van der Waals surface area (Å²) in [4.78, 5) is 33.9. The van der Waals surface area contributed by atoms with E-state index in [-0.39, 0.29) is 11.6 Å². The zero-order valence-electron chi connectivity index (χ0n) is 12.5. The maximum atomic E-state index is 11.8. The number of urea groups is 1. The van der Waals surface area contributed by atoms with Gasteiger partial charge in [-0.15, -0.1) is 0 Å². The Morgan fingerprint density at radius 1 is 1.43 bits per heavy atom. The summed E-state index contributed by atoms with van der Waals surface area (Å²) in [6, 6.07) is -2.03. The van der Waals surface area contributed by atoms with Gasteiger partial charge in [0.05, 0.1) is 19.1 Å². The van der Waals surface area contributed by atoms with Crippen LogP contribution < -0.4 is 10.6 Å². The zero-order valence-corrected chi connectivity index (χ0v) is 12.5. The van der Waals surface area contributed by atoms with Gasteiger partial charge in [-0.3, -0.25) is 4.79 Å². The third-order valence-electron chi connectivity index (χ3n) is 3.23. The molecule has 0 bridgehead atoms. The smallest absolute Gasteiger partial charge is 0.326 e. The van der Waals surface area contributed by atoms with E-state index < -0.39 is 30.4 Å². The molecule has 1 aliphatic heterocycles. The first-order valence-electron chi connectivity index (χ1n) is 6.74. The second-order valence-electron chi connectivity index (χ2n) is 5.59. The molecule has 1 heterocycles. The van der Waals surface area contributed by atoms with Crippen molar-refractivity contribution in [2.75, 3.05) is 13.7 Å². The molecule has 1 saturated heterocycles. The van der Waals surface area contributed by atoms with Gasteiger partial charge in [0.15, 0.2) is 0 Å². The number of carboxylic acids is 1. The second-order valence-corrected chi connectivity index (χ2v) is 5.59. The number of carbonyl (C=O) groups excluding carboxylic acids is 2. The number of ether oxygens (including phenoxy) is 2. The fourth-order valence-electron chi connectivity index (χ4n) is 2.19. The van der Waals surface area contributed by atoms with Gasteiger partial charge < -0.3 is 25.2 Å². The number of methoxy groups -OCH3 is 1. The van der Waals surface area contributed by atoms with Gasteiger partial charge in [0.25, 0.3) is 0 Å². The van der Waals surface area contributed by atoms with Crippen molar-refractivity contribution in [3.05, 3.63) is 0 Å². The van der Waals surface area contributed by atoms with Gasteiger partial charge in [-0.2, -0.15) is 0 Å². The maximum absolute atomic E-state index is 11.8. The van der Waals surface area contributed by atoms with Gasteiger partial charge in [-0.25, -0.2) is 9.59 Å². The maximum Gasteiger partial charge on any atom is 0.326 e. The van der Waals surface area contributed by atoms with Gasteiger partial charge in [0, 0.05) is 12.6 Å². The number of aliphatic carboxylic acids is 1. The highest BCUT2D eigenvalue weighted by Gasteiger charge is 2.31. The van der Waals surface area contributed by atoms with E-state index in [1.807, 2.05) is 13.8 Å². The Balaban J connectivity index is 2.50. The van der Waals surface area contributed by atoms with Gasteiger partial charge in [-0.1, -0.05) is 0 Å². The number of amides is 2. The summed E-state index contributed by atoms with van der Waals surface area (Å²) in [7, 11) is 1.16. The van der Waals surface area contributed by atoms with E-state index >= 15 is 0 Å². The third-order valence-corrected chi connectivity index (χ3v) is 3.23. The molecular formula is C13H22N2O6. The molecule has 0 aromatic carbocycles. The lowest BCUT2D eigenvalue weighted by molar-refractivity contribution is -0.147. The molecular weight excluding hydrogens is 280 g/mol. The van der Waals surface area contributed by atoms with E-state index in [2.05, 4.69) is 15.4 Å². The summed E-state index contributed by atoms with van der Waals surface area (Å²) in [5, 5.41) is 14.0. The number of esters is 1. The van der Waals surface area contributed by atoms with E-state index in [1.54, 1.807) is 0 Å². The predicted molar refractivity (Wildman–Crippen MR) is 72.8 cm³/mol. The molecule has 2 amide bonds. The number of carboxylic acid groups (broad SMARTS) is 1. The highest BCUT2D eigenvalue weighted by molar-refractivity contribution is 5.86. The van der Waals surface area contributed by atoms with E-state index in [4.69, 9.17) is 9.84 Å². The van der Waals surface area contributed by atoms with Crippen molar-refractivity contribution >= 4 is 18.0 Å². The van der Waals surface area contributed by atoms with Crippen LogP contribution in [0.25, 0.3) is 0 Å². The number of hydrogen-bond acceptors (Lipinski definition) is 5. The fourth-order valence-corrected chi connectivity index (χ4v) is 2.19. The van der Waals surface area contributed by atoms with Crippen molar-refractivity contribution in [2.24, 2.45) is 0 Å². The Kier molecular flexibility index (Phi) is 5.95. The fraction of sp³-hybridized carbons (Fsp3) is 0.769. The molecule has 0 spiro atoms. The molecule has 3 N–H and O–H groups in total. The second kappa shape index (κ2) is 7.26. The standard InChI is InChI=1S/C13H22N2O6/c1-13(2)7-8(4-5-21-13)14-12(19)15-9(11(17)18)6-10(16)20-3/h8-9H,4-7H2,1-3H3,(H,17,18)(H2,14,15,19)/t8?,9-/m0/s1. The molecule has 0 aromatic rings. The predicted octanol–water partition coefficient (Wildman–Crippen LogP) is 0.260. The molecule has 2 atom stereocenters. The van der Waals surface area contributed by atoms with Gasteiger partial charge >= 0.3 is 18.0 Å². The van der Waals surface area contributed by atoms with Crippen LogP contribution in [0, 0.1) is 0 Å². The number of rotatable bonds is 5. The molecule has 1 fully saturated rings. The lowest BCUT2D eigenvalue weighted by Gasteiger charge is -2.35. The first-order chi connectivity index (χ1) is 9.73. The Bertz CT molecular complexity index is 409. The molecule has 1 aliphatic rings. The first kappa shape index (κ1) is 17.2. The SMILES string of the molecule is COC(=O)C[C@H](NC(=O)NC1CCOC(C)(C)C1)C(=O)O. The van der Waals surface area contributed by atoms with Crippen molar-refractivity contribution in [1.29, 1.82) is 0 Å². The molecule has 0 aromatic heterocycles. The summed E-state index contributed by atoms with van der Waals surface area (Å²) in [5.74, 6) is -1.99. The van der Waals surface area contributed by atoms with Crippen LogP contribution in [-0.2, 0) is 19.1 Å². The van der Waals surface area contributed by atoms with Crippen molar-refractivity contribution in [1.82, 2.24) is 10.6 Å². The topological polar surface area (TPSA) is 114 Å². The molecule has 0 radical (unpaired) electrons. The molecule has 21 heavy (non-hydrogen) atoms. The average Bonchev–Trinajstić information content (AvgIpc) is 2.36. The molecule has 0 saturated carbocycles. The Morgan fingerprint density at radius 2 is 2.10 bits per heavy atom. The van der Waals surface area contributed by atoms with E-state index in [9.17, 15) is 14.4 Å². The zero-order chi connectivity index (χ0) is 16.0. The van der Waals surface area contributed by atoms with Crippen molar-refractivity contribution in [3.8, 4) is 0 Å². The minimum Gasteiger partial charge on any atom is -0.480 e. The summed E-state index contributed by atoms with van der Waals surface area (Å²) >= 11 is 0. The quantitative estimate of drug-likeness (QED) is 0.628. The van der Waals surface area contributed by atoms with E-state index in [1.165, 1.54) is 0 Å². The summed E-state index contributed by atoms with van der Waals surface area (Å²) < 4.78 is 9.94. The number of hydrogen-bond donors (Lipinski definition) is 3. The van der Waals surface area contributed by atoms with Crippen LogP contribution in [0.3, 0.4) is 0 Å². The minimum absolute atomic E-state index is 0.0960. The summed E-state index contributed by atoms with van der Waals surface area (Å²) in [5.41, 5.74) is -0.325. The van der Waals surface area contributed by atoms with E-state index in [0.29, 0.717) is 19.4 Å². The van der Waals surface area contributed by atoms with Crippen molar-refractivity contribution in [2.45, 2.75) is 50.8 Å². The Labute approximate surface area is 123 Å². The number of carbonyl (C=O) groups is 3. The third kappa shape index (κ3) is 5.99.